The third kappa shape index (κ3) is 10.0. The molecule has 1 aliphatic heterocycles. The number of hydrogen-bond donors (Lipinski definition) is 2. The molecule has 48 heavy (non-hydrogen) atoms. The number of rotatable bonds is 9. The molecule has 0 saturated heterocycles. The Bertz CT molecular complexity index is 1620. The van der Waals surface area contributed by atoms with Crippen LogP contribution in [0.1, 0.15) is 56.0 Å². The van der Waals surface area contributed by atoms with Crippen molar-refractivity contribution in [2.45, 2.75) is 69.6 Å². The minimum absolute atomic E-state index is 0.0510. The second-order valence-corrected chi connectivity index (χ2v) is 14.9. The van der Waals surface area contributed by atoms with Crippen molar-refractivity contribution in [1.29, 1.82) is 0 Å². The molecule has 10 nitrogen and oxygen atoms in total. The zero-order valence-corrected chi connectivity index (χ0v) is 29.5. The summed E-state index contributed by atoms with van der Waals surface area (Å²) in [5.41, 5.74) is 1.56. The topological polar surface area (TPSA) is 125 Å². The van der Waals surface area contributed by atoms with Crippen molar-refractivity contribution in [1.82, 2.24) is 9.21 Å². The number of anilines is 1. The van der Waals surface area contributed by atoms with Crippen LogP contribution in [0.5, 0.6) is 5.75 Å². The summed E-state index contributed by atoms with van der Waals surface area (Å²) >= 11 is 5.98. The smallest absolute Gasteiger partial charge is 0.258 e. The number of halogens is 1. The van der Waals surface area contributed by atoms with Crippen LogP contribution in [0.15, 0.2) is 77.7 Å². The first-order chi connectivity index (χ1) is 22.9. The van der Waals surface area contributed by atoms with E-state index in [1.54, 1.807) is 30.0 Å². The van der Waals surface area contributed by atoms with E-state index >= 15 is 0 Å². The number of sulfonamides is 1. The SMILES string of the molecule is C[C@H](CO)N1C[C@H](C)[C@H](CN(C)S(=O)(=O)c2ccc(Cl)cc2)OCCCC[C@H](C)Oc2ccc(NC(=O)Cc3ccccc3)cc2C1=O. The van der Waals surface area contributed by atoms with Crippen LogP contribution in [0.4, 0.5) is 5.69 Å². The molecule has 0 radical (unpaired) electrons. The van der Waals surface area contributed by atoms with Gasteiger partial charge in [0.15, 0.2) is 0 Å². The van der Waals surface area contributed by atoms with Gasteiger partial charge in [-0.3, -0.25) is 9.59 Å². The predicted molar refractivity (Wildman–Crippen MR) is 187 cm³/mol. The molecule has 12 heteroatoms. The molecule has 4 rings (SSSR count). The molecule has 4 atom stereocenters. The van der Waals surface area contributed by atoms with E-state index in [0.29, 0.717) is 29.5 Å². The van der Waals surface area contributed by atoms with Crippen molar-refractivity contribution in [2.75, 3.05) is 38.7 Å². The summed E-state index contributed by atoms with van der Waals surface area (Å²) in [5, 5.41) is 13.6. The first-order valence-corrected chi connectivity index (χ1v) is 18.1. The lowest BCUT2D eigenvalue weighted by molar-refractivity contribution is -0.115. The van der Waals surface area contributed by atoms with E-state index in [1.807, 2.05) is 44.2 Å². The highest BCUT2D eigenvalue weighted by Gasteiger charge is 2.32. The fourth-order valence-electron chi connectivity index (χ4n) is 5.59. The summed E-state index contributed by atoms with van der Waals surface area (Å²) in [7, 11) is -2.34. The number of carbonyl (C=O) groups is 2. The van der Waals surface area contributed by atoms with E-state index in [1.165, 1.54) is 35.6 Å². The van der Waals surface area contributed by atoms with Crippen molar-refractivity contribution in [3.63, 3.8) is 0 Å². The molecular weight excluding hydrogens is 654 g/mol. The Labute approximate surface area is 289 Å². The number of benzene rings is 3. The third-order valence-corrected chi connectivity index (χ3v) is 10.6. The van der Waals surface area contributed by atoms with Gasteiger partial charge in [-0.2, -0.15) is 4.31 Å². The van der Waals surface area contributed by atoms with Gasteiger partial charge in [0.2, 0.25) is 15.9 Å². The van der Waals surface area contributed by atoms with Crippen LogP contribution in [-0.2, 0) is 26.0 Å². The van der Waals surface area contributed by atoms with Crippen molar-refractivity contribution < 1.29 is 32.6 Å². The highest BCUT2D eigenvalue weighted by atomic mass is 35.5. The highest BCUT2D eigenvalue weighted by Crippen LogP contribution is 2.29. The van der Waals surface area contributed by atoms with Crippen molar-refractivity contribution in [3.8, 4) is 5.75 Å². The molecule has 0 aliphatic carbocycles. The molecule has 260 valence electrons. The van der Waals surface area contributed by atoms with Crippen molar-refractivity contribution in [2.24, 2.45) is 5.92 Å². The Kier molecular flexibility index (Phi) is 13.4. The van der Waals surface area contributed by atoms with Crippen LogP contribution in [-0.4, -0.2) is 86.1 Å². The Balaban J connectivity index is 1.62. The molecule has 0 saturated carbocycles. The van der Waals surface area contributed by atoms with E-state index in [0.717, 1.165) is 18.4 Å². The molecule has 0 aromatic heterocycles. The monoisotopic (exact) mass is 699 g/mol. The molecule has 0 unspecified atom stereocenters. The Morgan fingerprint density at radius 2 is 1.79 bits per heavy atom. The molecule has 2 amide bonds. The number of hydrogen-bond acceptors (Lipinski definition) is 7. The molecule has 0 bridgehead atoms. The molecule has 0 spiro atoms. The molecule has 0 fully saturated rings. The third-order valence-electron chi connectivity index (χ3n) is 8.50. The quantitative estimate of drug-likeness (QED) is 0.296. The van der Waals surface area contributed by atoms with Gasteiger partial charge in [0.25, 0.3) is 5.91 Å². The van der Waals surface area contributed by atoms with Gasteiger partial charge in [-0.05, 0) is 81.1 Å². The van der Waals surface area contributed by atoms with Gasteiger partial charge in [-0.1, -0.05) is 48.9 Å². The van der Waals surface area contributed by atoms with Gasteiger partial charge in [0.1, 0.15) is 5.75 Å². The Morgan fingerprint density at radius 1 is 1.08 bits per heavy atom. The number of aliphatic hydroxyl groups is 1. The maximum Gasteiger partial charge on any atom is 0.258 e. The van der Waals surface area contributed by atoms with Gasteiger partial charge in [0.05, 0.1) is 41.7 Å². The summed E-state index contributed by atoms with van der Waals surface area (Å²) in [6, 6.07) is 19.8. The standard InChI is InChI=1S/C36H46ClN3O7S/c1-25-22-40(26(2)24-41)36(43)32-21-30(38-35(42)20-28-11-6-5-7-12-28)15-18-33(32)47-27(3)10-8-9-19-46-34(25)23-39(4)48(44,45)31-16-13-29(37)14-17-31/h5-7,11-18,21,25-27,34,41H,8-10,19-20,22-24H2,1-4H3,(H,38,42)/t25-,26+,27-,34-/m0/s1. The predicted octanol–water partition coefficient (Wildman–Crippen LogP) is 5.64. The van der Waals surface area contributed by atoms with E-state index in [-0.39, 0.29) is 60.4 Å². The van der Waals surface area contributed by atoms with Gasteiger partial charge in [0, 0.05) is 43.4 Å². The lowest BCUT2D eigenvalue weighted by Gasteiger charge is -2.35. The van der Waals surface area contributed by atoms with Gasteiger partial charge in [-0.15, -0.1) is 0 Å². The summed E-state index contributed by atoms with van der Waals surface area (Å²) in [6.45, 7) is 5.91. The maximum atomic E-state index is 14.4. The zero-order valence-electron chi connectivity index (χ0n) is 28.0. The van der Waals surface area contributed by atoms with Crippen LogP contribution in [0, 0.1) is 5.92 Å². The number of fused-ring (bicyclic) bond motifs is 1. The second-order valence-electron chi connectivity index (χ2n) is 12.5. The molecule has 3 aromatic carbocycles. The lowest BCUT2D eigenvalue weighted by Crippen LogP contribution is -2.48. The summed E-state index contributed by atoms with van der Waals surface area (Å²) in [6.07, 6.45) is 1.64. The van der Waals surface area contributed by atoms with Gasteiger partial charge < -0.3 is 24.8 Å². The van der Waals surface area contributed by atoms with Crippen LogP contribution < -0.4 is 10.1 Å². The Morgan fingerprint density at radius 3 is 2.48 bits per heavy atom. The van der Waals surface area contributed by atoms with Crippen molar-refractivity contribution in [3.05, 3.63) is 88.9 Å². The number of carbonyl (C=O) groups excluding carboxylic acids is 2. The highest BCUT2D eigenvalue weighted by molar-refractivity contribution is 7.89. The van der Waals surface area contributed by atoms with E-state index < -0.39 is 22.2 Å². The largest absolute Gasteiger partial charge is 0.490 e. The second kappa shape index (κ2) is 17.3. The minimum atomic E-state index is -3.84. The Hall–Kier alpha value is -3.48. The van der Waals surface area contributed by atoms with Gasteiger partial charge in [-0.25, -0.2) is 8.42 Å². The van der Waals surface area contributed by atoms with E-state index in [4.69, 9.17) is 21.1 Å². The molecule has 3 aromatic rings. The lowest BCUT2D eigenvalue weighted by atomic mass is 10.0. The zero-order chi connectivity index (χ0) is 34.8. The van der Waals surface area contributed by atoms with Crippen LogP contribution in [0.2, 0.25) is 5.02 Å². The first-order valence-electron chi connectivity index (χ1n) is 16.3. The maximum absolute atomic E-state index is 14.4. The normalized spacial score (nSPS) is 20.4. The molecular formula is C36H46ClN3O7S. The fourth-order valence-corrected chi connectivity index (χ4v) is 6.90. The molecule has 1 aliphatic rings. The number of nitrogens with zero attached hydrogens (tertiary/aromatic N) is 2. The van der Waals surface area contributed by atoms with E-state index in [2.05, 4.69) is 5.32 Å². The fraction of sp³-hybridized carbons (Fsp3) is 0.444. The van der Waals surface area contributed by atoms with Crippen LogP contribution in [0.25, 0.3) is 0 Å². The first kappa shape index (κ1) is 37.3. The number of ether oxygens (including phenoxy) is 2. The minimum Gasteiger partial charge on any atom is -0.490 e. The van der Waals surface area contributed by atoms with Crippen LogP contribution in [0.3, 0.4) is 0 Å². The number of aliphatic hydroxyl groups excluding tert-OH is 1. The number of likely N-dealkylation sites (N-methyl/N-ethyl adjacent to an activating group) is 1. The van der Waals surface area contributed by atoms with E-state index in [9.17, 15) is 23.1 Å². The number of nitrogens with one attached hydrogen (secondary N) is 1. The average Bonchev–Trinajstić information content (AvgIpc) is 3.06. The van der Waals surface area contributed by atoms with Crippen molar-refractivity contribution >= 4 is 39.1 Å². The summed E-state index contributed by atoms with van der Waals surface area (Å²) < 4.78 is 40.7. The summed E-state index contributed by atoms with van der Waals surface area (Å²) in [4.78, 5) is 28.9. The average molecular weight is 700 g/mol. The number of amides is 2. The van der Waals surface area contributed by atoms with Gasteiger partial charge >= 0.3 is 0 Å². The molecule has 1 heterocycles. The van der Waals surface area contributed by atoms with Crippen LogP contribution >= 0.6 is 11.6 Å². The molecule has 2 N–H and O–H groups in total. The summed E-state index contributed by atoms with van der Waals surface area (Å²) in [5.74, 6) is -0.556.